The Bertz CT molecular complexity index is 559. The molecule has 0 spiro atoms. The Labute approximate surface area is 110 Å². The number of hydrogen-bond donors (Lipinski definition) is 2. The molecule has 2 aromatic heterocycles. The third-order valence-electron chi connectivity index (χ3n) is 2.73. The quantitative estimate of drug-likeness (QED) is 0.754. The van der Waals surface area contributed by atoms with E-state index < -0.39 is 0 Å². The Morgan fingerprint density at radius 1 is 1.53 bits per heavy atom. The van der Waals surface area contributed by atoms with Crippen LogP contribution in [0.5, 0.6) is 0 Å². The first-order valence-corrected chi connectivity index (χ1v) is 5.98. The molecule has 19 heavy (non-hydrogen) atoms. The second kappa shape index (κ2) is 5.61. The molecular formula is C11H17N7O. The Balaban J connectivity index is 2.02. The first-order valence-electron chi connectivity index (χ1n) is 5.98. The van der Waals surface area contributed by atoms with Gasteiger partial charge in [-0.2, -0.15) is 0 Å². The van der Waals surface area contributed by atoms with E-state index in [9.17, 15) is 4.79 Å². The predicted octanol–water partition coefficient (Wildman–Crippen LogP) is -0.539. The van der Waals surface area contributed by atoms with Crippen molar-refractivity contribution in [3.8, 4) is 0 Å². The number of amides is 1. The number of nitrogens with one attached hydrogen (secondary N) is 1. The first kappa shape index (κ1) is 13.2. The van der Waals surface area contributed by atoms with Gasteiger partial charge in [0.15, 0.2) is 5.82 Å². The van der Waals surface area contributed by atoms with Gasteiger partial charge in [0, 0.05) is 26.3 Å². The first-order chi connectivity index (χ1) is 9.11. The fourth-order valence-electron chi connectivity index (χ4n) is 1.77. The van der Waals surface area contributed by atoms with E-state index in [2.05, 4.69) is 20.5 Å². The zero-order valence-electron chi connectivity index (χ0n) is 10.9. The van der Waals surface area contributed by atoms with Crippen LogP contribution < -0.4 is 11.1 Å². The smallest absolute Gasteiger partial charge is 0.272 e. The Morgan fingerprint density at radius 2 is 2.32 bits per heavy atom. The van der Waals surface area contributed by atoms with Crippen molar-refractivity contribution in [1.82, 2.24) is 29.6 Å². The summed E-state index contributed by atoms with van der Waals surface area (Å²) in [6.45, 7) is 2.99. The molecule has 102 valence electrons. The van der Waals surface area contributed by atoms with Crippen LogP contribution in [0.1, 0.15) is 29.3 Å². The lowest BCUT2D eigenvalue weighted by atomic mass is 10.3. The lowest BCUT2D eigenvalue weighted by molar-refractivity contribution is 0.0933. The van der Waals surface area contributed by atoms with Crippen LogP contribution in [0.3, 0.4) is 0 Å². The van der Waals surface area contributed by atoms with E-state index >= 15 is 0 Å². The number of nitrogens with zero attached hydrogens (tertiary/aromatic N) is 5. The average Bonchev–Trinajstić information content (AvgIpc) is 2.98. The lowest BCUT2D eigenvalue weighted by Gasteiger charge is -2.11. The minimum absolute atomic E-state index is 0.236. The summed E-state index contributed by atoms with van der Waals surface area (Å²) >= 11 is 0. The second-order valence-electron chi connectivity index (χ2n) is 4.28. The molecule has 0 bridgehead atoms. The molecule has 2 rings (SSSR count). The molecule has 8 heteroatoms. The number of carbonyl (C=O) groups is 1. The highest BCUT2D eigenvalue weighted by atomic mass is 16.2. The van der Waals surface area contributed by atoms with Gasteiger partial charge in [-0.3, -0.25) is 4.79 Å². The zero-order valence-corrected chi connectivity index (χ0v) is 10.9. The van der Waals surface area contributed by atoms with Crippen LogP contribution in [0.2, 0.25) is 0 Å². The second-order valence-corrected chi connectivity index (χ2v) is 4.28. The van der Waals surface area contributed by atoms with E-state index in [1.54, 1.807) is 28.0 Å². The fourth-order valence-corrected chi connectivity index (χ4v) is 1.77. The van der Waals surface area contributed by atoms with Gasteiger partial charge in [-0.15, -0.1) is 10.2 Å². The molecule has 1 atom stereocenters. The molecule has 8 nitrogen and oxygen atoms in total. The van der Waals surface area contributed by atoms with Crippen molar-refractivity contribution in [3.05, 3.63) is 30.4 Å². The molecule has 1 amide bonds. The minimum atomic E-state index is -0.244. The average molecular weight is 263 g/mol. The normalized spacial score (nSPS) is 12.4. The number of nitrogens with two attached hydrogens (primary N) is 1. The van der Waals surface area contributed by atoms with Crippen LogP contribution in [0, 0.1) is 0 Å². The van der Waals surface area contributed by atoms with Gasteiger partial charge in [-0.05, 0) is 6.92 Å². The summed E-state index contributed by atoms with van der Waals surface area (Å²) in [5, 5.41) is 10.6. The highest BCUT2D eigenvalue weighted by Crippen LogP contribution is 2.08. The maximum Gasteiger partial charge on any atom is 0.272 e. The standard InChI is InChI=1S/C11H17N7O/c1-8(10-16-14-7-17(10)2)15-11(19)9-5-18(4-3-12)6-13-9/h5-8H,3-4,12H2,1-2H3,(H,15,19). The summed E-state index contributed by atoms with van der Waals surface area (Å²) in [7, 11) is 1.83. The maximum atomic E-state index is 12.0. The summed E-state index contributed by atoms with van der Waals surface area (Å²) < 4.78 is 3.54. The summed E-state index contributed by atoms with van der Waals surface area (Å²) in [6.07, 6.45) is 4.86. The number of aryl methyl sites for hydroxylation is 1. The van der Waals surface area contributed by atoms with E-state index in [0.717, 1.165) is 0 Å². The van der Waals surface area contributed by atoms with E-state index in [1.807, 2.05) is 14.0 Å². The van der Waals surface area contributed by atoms with Crippen molar-refractivity contribution in [1.29, 1.82) is 0 Å². The Kier molecular flexibility index (Phi) is 3.91. The largest absolute Gasteiger partial charge is 0.341 e. The van der Waals surface area contributed by atoms with Crippen molar-refractivity contribution < 1.29 is 4.79 Å². The summed E-state index contributed by atoms with van der Waals surface area (Å²) in [4.78, 5) is 16.0. The number of rotatable bonds is 5. The van der Waals surface area contributed by atoms with E-state index in [0.29, 0.717) is 24.6 Å². The number of hydrogen-bond acceptors (Lipinski definition) is 5. The molecule has 0 fully saturated rings. The van der Waals surface area contributed by atoms with Crippen molar-refractivity contribution in [2.24, 2.45) is 12.8 Å². The van der Waals surface area contributed by atoms with Gasteiger partial charge >= 0.3 is 0 Å². The molecular weight excluding hydrogens is 246 g/mol. The molecule has 0 aliphatic carbocycles. The van der Waals surface area contributed by atoms with Gasteiger partial charge in [0.25, 0.3) is 5.91 Å². The summed E-state index contributed by atoms with van der Waals surface area (Å²) in [6, 6.07) is -0.236. The SMILES string of the molecule is CC(NC(=O)c1cn(CCN)cn1)c1nncn1C. The van der Waals surface area contributed by atoms with Crippen LogP contribution in [0.25, 0.3) is 0 Å². The maximum absolute atomic E-state index is 12.0. The van der Waals surface area contributed by atoms with Crippen molar-refractivity contribution in [2.75, 3.05) is 6.54 Å². The lowest BCUT2D eigenvalue weighted by Crippen LogP contribution is -2.28. The van der Waals surface area contributed by atoms with E-state index in [1.165, 1.54) is 0 Å². The molecule has 1 unspecified atom stereocenters. The van der Waals surface area contributed by atoms with Crippen LogP contribution in [0.4, 0.5) is 0 Å². The van der Waals surface area contributed by atoms with Gasteiger partial charge in [-0.25, -0.2) is 4.98 Å². The Hall–Kier alpha value is -2.22. The fraction of sp³-hybridized carbons (Fsp3) is 0.455. The number of aromatic nitrogens is 5. The molecule has 2 aromatic rings. The molecule has 0 saturated carbocycles. The number of carbonyl (C=O) groups excluding carboxylic acids is 1. The highest BCUT2D eigenvalue weighted by Gasteiger charge is 2.16. The van der Waals surface area contributed by atoms with Crippen LogP contribution in [-0.2, 0) is 13.6 Å². The van der Waals surface area contributed by atoms with Crippen LogP contribution in [-0.4, -0.2) is 36.8 Å². The molecule has 0 saturated heterocycles. The van der Waals surface area contributed by atoms with Gasteiger partial charge in [0.2, 0.25) is 0 Å². The molecule has 0 aliphatic rings. The monoisotopic (exact) mass is 263 g/mol. The van der Waals surface area contributed by atoms with E-state index in [-0.39, 0.29) is 11.9 Å². The van der Waals surface area contributed by atoms with Gasteiger partial charge in [-0.1, -0.05) is 0 Å². The zero-order chi connectivity index (χ0) is 13.8. The van der Waals surface area contributed by atoms with Crippen LogP contribution in [0.15, 0.2) is 18.9 Å². The molecule has 0 aliphatic heterocycles. The van der Waals surface area contributed by atoms with Crippen molar-refractivity contribution >= 4 is 5.91 Å². The third kappa shape index (κ3) is 2.97. The topological polar surface area (TPSA) is 104 Å². The van der Waals surface area contributed by atoms with Gasteiger partial charge < -0.3 is 20.2 Å². The van der Waals surface area contributed by atoms with Crippen LogP contribution >= 0.6 is 0 Å². The summed E-state index contributed by atoms with van der Waals surface area (Å²) in [5.74, 6) is 0.445. The molecule has 3 N–H and O–H groups in total. The molecule has 0 aromatic carbocycles. The highest BCUT2D eigenvalue weighted by molar-refractivity contribution is 5.92. The predicted molar refractivity (Wildman–Crippen MR) is 68.2 cm³/mol. The number of imidazole rings is 1. The molecule has 2 heterocycles. The van der Waals surface area contributed by atoms with Gasteiger partial charge in [0.05, 0.1) is 12.4 Å². The van der Waals surface area contributed by atoms with Crippen molar-refractivity contribution in [3.63, 3.8) is 0 Å². The van der Waals surface area contributed by atoms with Gasteiger partial charge in [0.1, 0.15) is 12.0 Å². The minimum Gasteiger partial charge on any atom is -0.341 e. The third-order valence-corrected chi connectivity index (χ3v) is 2.73. The van der Waals surface area contributed by atoms with E-state index in [4.69, 9.17) is 5.73 Å². The Morgan fingerprint density at radius 3 is 2.95 bits per heavy atom. The van der Waals surface area contributed by atoms with Crippen molar-refractivity contribution in [2.45, 2.75) is 19.5 Å². The molecule has 0 radical (unpaired) electrons. The summed E-state index contributed by atoms with van der Waals surface area (Å²) in [5.41, 5.74) is 5.80.